The van der Waals surface area contributed by atoms with Crippen LogP contribution in [0, 0.1) is 0 Å². The maximum atomic E-state index is 12.8. The predicted molar refractivity (Wildman–Crippen MR) is 83.9 cm³/mol. The Morgan fingerprint density at radius 1 is 1.12 bits per heavy atom. The average molecular weight is 364 g/mol. The molecule has 0 radical (unpaired) electrons. The molecule has 0 spiro atoms. The van der Waals surface area contributed by atoms with Gasteiger partial charge in [-0.15, -0.1) is 0 Å². The summed E-state index contributed by atoms with van der Waals surface area (Å²) in [5.41, 5.74) is -0.981. The highest BCUT2D eigenvalue weighted by molar-refractivity contribution is 6.33. The first kappa shape index (κ1) is 18.4. The number of hydrogen-bond donors (Lipinski definition) is 1. The van der Waals surface area contributed by atoms with E-state index in [1.807, 2.05) is 0 Å². The van der Waals surface area contributed by atoms with Crippen LogP contribution in [-0.2, 0) is 11.0 Å². The summed E-state index contributed by atoms with van der Waals surface area (Å²) in [6, 6.07) is 2.22. The molecule has 24 heavy (non-hydrogen) atoms. The molecule has 1 fully saturated rings. The van der Waals surface area contributed by atoms with Crippen molar-refractivity contribution in [2.24, 2.45) is 0 Å². The Hall–Kier alpha value is -1.96. The minimum Gasteiger partial charge on any atom is -0.341 e. The van der Waals surface area contributed by atoms with E-state index in [-0.39, 0.29) is 16.6 Å². The van der Waals surface area contributed by atoms with Crippen molar-refractivity contribution in [2.75, 3.05) is 31.5 Å². The molecule has 0 bridgehead atoms. The van der Waals surface area contributed by atoms with Crippen LogP contribution >= 0.6 is 11.6 Å². The number of rotatable bonds is 1. The molecule has 9 heteroatoms. The zero-order chi connectivity index (χ0) is 17.9. The minimum absolute atomic E-state index is 0.0246. The lowest BCUT2D eigenvalue weighted by atomic mass is 10.2. The van der Waals surface area contributed by atoms with Gasteiger partial charge in [-0.2, -0.15) is 13.2 Å². The number of carbonyl (C=O) groups is 2. The van der Waals surface area contributed by atoms with Gasteiger partial charge in [-0.05, 0) is 24.6 Å². The number of halogens is 4. The number of nitrogens with one attached hydrogen (secondary N) is 1. The molecule has 1 heterocycles. The Balaban J connectivity index is 2.08. The molecule has 0 aromatic heterocycles. The molecule has 1 aromatic carbocycles. The van der Waals surface area contributed by atoms with Gasteiger partial charge in [0.15, 0.2) is 0 Å². The first-order chi connectivity index (χ1) is 11.2. The summed E-state index contributed by atoms with van der Waals surface area (Å²) >= 11 is 5.87. The Kier molecular flexibility index (Phi) is 5.58. The molecule has 1 saturated heterocycles. The summed E-state index contributed by atoms with van der Waals surface area (Å²) in [4.78, 5) is 26.7. The summed E-state index contributed by atoms with van der Waals surface area (Å²) in [5, 5.41) is 2.44. The van der Waals surface area contributed by atoms with Crippen LogP contribution in [0.15, 0.2) is 18.2 Å². The molecule has 0 saturated carbocycles. The van der Waals surface area contributed by atoms with Crippen molar-refractivity contribution >= 4 is 29.2 Å². The molecule has 1 aliphatic rings. The molecule has 0 aliphatic carbocycles. The number of anilines is 1. The van der Waals surface area contributed by atoms with E-state index in [1.54, 1.807) is 4.90 Å². The fourth-order valence-corrected chi connectivity index (χ4v) is 2.59. The lowest BCUT2D eigenvalue weighted by Crippen LogP contribution is -2.38. The minimum atomic E-state index is -4.52. The second kappa shape index (κ2) is 7.29. The monoisotopic (exact) mass is 363 g/mol. The molecular weight excluding hydrogens is 347 g/mol. The van der Waals surface area contributed by atoms with E-state index in [0.717, 1.165) is 18.2 Å². The molecule has 5 nitrogen and oxygen atoms in total. The van der Waals surface area contributed by atoms with Gasteiger partial charge < -0.3 is 15.1 Å². The summed E-state index contributed by atoms with van der Waals surface area (Å²) in [5.74, 6) is -0.0711. The highest BCUT2D eigenvalue weighted by Gasteiger charge is 2.31. The smallest absolute Gasteiger partial charge is 0.341 e. The Bertz CT molecular complexity index is 637. The molecular formula is C15H17ClF3N3O2. The van der Waals surface area contributed by atoms with Crippen LogP contribution in [0.4, 0.5) is 23.7 Å². The zero-order valence-electron chi connectivity index (χ0n) is 13.0. The van der Waals surface area contributed by atoms with E-state index in [4.69, 9.17) is 11.6 Å². The first-order valence-electron chi connectivity index (χ1n) is 7.36. The van der Waals surface area contributed by atoms with Crippen LogP contribution in [0.5, 0.6) is 0 Å². The van der Waals surface area contributed by atoms with Gasteiger partial charge in [0.25, 0.3) is 0 Å². The van der Waals surface area contributed by atoms with Crippen LogP contribution in [0.1, 0.15) is 18.9 Å². The first-order valence-corrected chi connectivity index (χ1v) is 7.74. The topological polar surface area (TPSA) is 52.7 Å². The summed E-state index contributed by atoms with van der Waals surface area (Å²) < 4.78 is 38.3. The maximum Gasteiger partial charge on any atom is 0.416 e. The van der Waals surface area contributed by atoms with Crippen molar-refractivity contribution in [3.05, 3.63) is 28.8 Å². The van der Waals surface area contributed by atoms with Gasteiger partial charge in [0.05, 0.1) is 16.3 Å². The molecule has 3 amide bonds. The second-order valence-electron chi connectivity index (χ2n) is 5.47. The lowest BCUT2D eigenvalue weighted by Gasteiger charge is -2.22. The fraction of sp³-hybridized carbons (Fsp3) is 0.467. The molecule has 0 unspecified atom stereocenters. The number of amides is 3. The van der Waals surface area contributed by atoms with Gasteiger partial charge in [0.1, 0.15) is 0 Å². The van der Waals surface area contributed by atoms with E-state index >= 15 is 0 Å². The Morgan fingerprint density at radius 2 is 1.75 bits per heavy atom. The van der Waals surface area contributed by atoms with E-state index in [9.17, 15) is 22.8 Å². The van der Waals surface area contributed by atoms with Gasteiger partial charge >= 0.3 is 12.2 Å². The maximum absolute atomic E-state index is 12.8. The summed E-state index contributed by atoms with van der Waals surface area (Å²) in [7, 11) is 0. The number of urea groups is 1. The van der Waals surface area contributed by atoms with Crippen molar-refractivity contribution < 1.29 is 22.8 Å². The number of alkyl halides is 3. The summed E-state index contributed by atoms with van der Waals surface area (Å²) in [6.45, 7) is 3.11. The lowest BCUT2D eigenvalue weighted by molar-refractivity contribution is -0.137. The normalized spacial score (nSPS) is 15.9. The third-order valence-electron chi connectivity index (χ3n) is 3.76. The van der Waals surface area contributed by atoms with Crippen LogP contribution in [0.2, 0.25) is 5.02 Å². The van der Waals surface area contributed by atoms with Gasteiger partial charge in [0.2, 0.25) is 5.91 Å². The van der Waals surface area contributed by atoms with Crippen LogP contribution in [0.3, 0.4) is 0 Å². The number of carbonyl (C=O) groups excluding carboxylic acids is 2. The SMILES string of the molecule is CC(=O)N1CCCN(C(=O)Nc2cc(C(F)(F)F)ccc2Cl)CC1. The van der Waals surface area contributed by atoms with Gasteiger partial charge in [-0.25, -0.2) is 4.79 Å². The van der Waals surface area contributed by atoms with Crippen molar-refractivity contribution in [2.45, 2.75) is 19.5 Å². The van der Waals surface area contributed by atoms with Crippen LogP contribution < -0.4 is 5.32 Å². The van der Waals surface area contributed by atoms with Crippen molar-refractivity contribution in [3.63, 3.8) is 0 Å². The second-order valence-corrected chi connectivity index (χ2v) is 5.88. The molecule has 0 atom stereocenters. The largest absolute Gasteiger partial charge is 0.416 e. The highest BCUT2D eigenvalue weighted by Crippen LogP contribution is 2.33. The third kappa shape index (κ3) is 4.53. The number of hydrogen-bond acceptors (Lipinski definition) is 2. The highest BCUT2D eigenvalue weighted by atomic mass is 35.5. The quantitative estimate of drug-likeness (QED) is 0.831. The molecule has 1 aromatic rings. The average Bonchev–Trinajstić information content (AvgIpc) is 2.74. The molecule has 1 aliphatic heterocycles. The van der Waals surface area contributed by atoms with E-state index in [0.29, 0.717) is 32.6 Å². The summed E-state index contributed by atoms with van der Waals surface area (Å²) in [6.07, 6.45) is -3.92. The fourth-order valence-electron chi connectivity index (χ4n) is 2.43. The van der Waals surface area contributed by atoms with E-state index in [2.05, 4.69) is 5.32 Å². The van der Waals surface area contributed by atoms with Crippen molar-refractivity contribution in [1.29, 1.82) is 0 Å². The number of benzene rings is 1. The van der Waals surface area contributed by atoms with E-state index in [1.165, 1.54) is 11.8 Å². The van der Waals surface area contributed by atoms with Gasteiger partial charge in [0, 0.05) is 33.1 Å². The molecule has 2 rings (SSSR count). The Labute approximate surface area is 142 Å². The van der Waals surface area contributed by atoms with Gasteiger partial charge in [-0.3, -0.25) is 4.79 Å². The van der Waals surface area contributed by atoms with Gasteiger partial charge in [-0.1, -0.05) is 11.6 Å². The standard InChI is InChI=1S/C15H17ClF3N3O2/c1-10(23)21-5-2-6-22(8-7-21)14(24)20-13-9-11(15(17,18)19)3-4-12(13)16/h3-4,9H,2,5-8H2,1H3,(H,20,24). The zero-order valence-corrected chi connectivity index (χ0v) is 13.7. The number of nitrogens with zero attached hydrogens (tertiary/aromatic N) is 2. The van der Waals surface area contributed by atoms with Crippen molar-refractivity contribution in [1.82, 2.24) is 9.80 Å². The van der Waals surface area contributed by atoms with Crippen LogP contribution in [0.25, 0.3) is 0 Å². The van der Waals surface area contributed by atoms with Crippen LogP contribution in [-0.4, -0.2) is 47.9 Å². The van der Waals surface area contributed by atoms with E-state index < -0.39 is 17.8 Å². The predicted octanol–water partition coefficient (Wildman–Crippen LogP) is 3.44. The molecule has 132 valence electrons. The Morgan fingerprint density at radius 3 is 2.38 bits per heavy atom. The molecule has 1 N–H and O–H groups in total. The van der Waals surface area contributed by atoms with Crippen molar-refractivity contribution in [3.8, 4) is 0 Å². The third-order valence-corrected chi connectivity index (χ3v) is 4.09.